The van der Waals surface area contributed by atoms with Crippen LogP contribution in [0.3, 0.4) is 0 Å². The van der Waals surface area contributed by atoms with Crippen molar-refractivity contribution in [2.24, 2.45) is 0 Å². The Morgan fingerprint density at radius 1 is 1.29 bits per heavy atom. The number of benzene rings is 1. The van der Waals surface area contributed by atoms with Gasteiger partial charge in [-0.25, -0.2) is 14.5 Å². The van der Waals surface area contributed by atoms with Gasteiger partial charge in [-0.2, -0.15) is 14.5 Å². The van der Waals surface area contributed by atoms with E-state index in [2.05, 4.69) is 30.1 Å². The number of urea groups is 1. The van der Waals surface area contributed by atoms with Gasteiger partial charge in [-0.15, -0.1) is 0 Å². The average molecular weight is 341 g/mol. The van der Waals surface area contributed by atoms with Gasteiger partial charge in [0.05, 0.1) is 6.04 Å². The molecule has 1 aromatic carbocycles. The first-order chi connectivity index (χ1) is 11.8. The number of carbonyl (C=O) groups excluding carboxylic acids is 1. The van der Waals surface area contributed by atoms with Gasteiger partial charge in [0.15, 0.2) is 5.82 Å². The predicted octanol–water partition coefficient (Wildman–Crippen LogP) is 2.45. The smallest absolute Gasteiger partial charge is 0.321 e. The highest BCUT2D eigenvalue weighted by Gasteiger charge is 2.24. The van der Waals surface area contributed by atoms with Gasteiger partial charge in [-0.3, -0.25) is 5.32 Å². The van der Waals surface area contributed by atoms with E-state index in [1.807, 2.05) is 35.0 Å². The number of fused-ring (bicyclic) bond motifs is 1. The molecule has 24 heavy (non-hydrogen) atoms. The lowest BCUT2D eigenvalue weighted by molar-refractivity contribution is 0.244. The standard InChI is InChI=1S/C15H15N7OS/c23-14(18-11-7-4-8-22-13(11)16-9-17-22)20-15-19-12(21-24-15)10-5-2-1-3-6-10/h1-3,5-6,9,11H,4,7-8H2,(H2,18,19,20,21,23). The lowest BCUT2D eigenvalue weighted by Gasteiger charge is -2.22. The van der Waals surface area contributed by atoms with Gasteiger partial charge in [0.2, 0.25) is 5.13 Å². The maximum atomic E-state index is 12.2. The largest absolute Gasteiger partial charge is 0.328 e. The summed E-state index contributed by atoms with van der Waals surface area (Å²) < 4.78 is 6.10. The topological polar surface area (TPSA) is 97.6 Å². The third-order valence-electron chi connectivity index (χ3n) is 3.80. The van der Waals surface area contributed by atoms with Crippen LogP contribution >= 0.6 is 11.5 Å². The molecule has 0 bridgehead atoms. The Morgan fingerprint density at radius 3 is 3.04 bits per heavy atom. The highest BCUT2D eigenvalue weighted by molar-refractivity contribution is 7.10. The summed E-state index contributed by atoms with van der Waals surface area (Å²) in [6.45, 7) is 0.839. The van der Waals surface area contributed by atoms with Crippen molar-refractivity contribution in [2.75, 3.05) is 5.32 Å². The summed E-state index contributed by atoms with van der Waals surface area (Å²) >= 11 is 1.16. The van der Waals surface area contributed by atoms with Crippen LogP contribution in [0.4, 0.5) is 9.93 Å². The predicted molar refractivity (Wildman–Crippen MR) is 89.5 cm³/mol. The molecule has 1 aliphatic heterocycles. The summed E-state index contributed by atoms with van der Waals surface area (Å²) in [6, 6.07) is 9.20. The van der Waals surface area contributed by atoms with Crippen LogP contribution in [0.25, 0.3) is 11.4 Å². The minimum Gasteiger partial charge on any atom is -0.328 e. The van der Waals surface area contributed by atoms with Crippen LogP contribution in [0, 0.1) is 0 Å². The second kappa shape index (κ2) is 6.36. The normalized spacial score (nSPS) is 16.4. The molecule has 2 amide bonds. The Balaban J connectivity index is 1.42. The number of nitrogens with one attached hydrogen (secondary N) is 2. The van der Waals surface area contributed by atoms with E-state index in [9.17, 15) is 4.79 Å². The van der Waals surface area contributed by atoms with Gasteiger partial charge in [0.25, 0.3) is 0 Å². The SMILES string of the molecule is O=C(Nc1nc(-c2ccccc2)ns1)NC1CCCn2ncnc21. The lowest BCUT2D eigenvalue weighted by Crippen LogP contribution is -2.36. The van der Waals surface area contributed by atoms with E-state index in [1.54, 1.807) is 0 Å². The lowest BCUT2D eigenvalue weighted by atomic mass is 10.1. The number of hydrogen-bond acceptors (Lipinski definition) is 6. The molecule has 8 nitrogen and oxygen atoms in total. The summed E-state index contributed by atoms with van der Waals surface area (Å²) in [6.07, 6.45) is 3.32. The Kier molecular flexibility index (Phi) is 3.91. The van der Waals surface area contributed by atoms with Crippen molar-refractivity contribution >= 4 is 22.7 Å². The number of hydrogen-bond donors (Lipinski definition) is 2. The minimum absolute atomic E-state index is 0.136. The molecular formula is C15H15N7OS. The summed E-state index contributed by atoms with van der Waals surface area (Å²) in [5.41, 5.74) is 0.919. The highest BCUT2D eigenvalue weighted by atomic mass is 32.1. The Bertz CT molecular complexity index is 844. The molecule has 2 aromatic heterocycles. The van der Waals surface area contributed by atoms with E-state index in [1.165, 1.54) is 6.33 Å². The zero-order valence-electron chi connectivity index (χ0n) is 12.7. The van der Waals surface area contributed by atoms with E-state index in [4.69, 9.17) is 0 Å². The molecule has 1 unspecified atom stereocenters. The van der Waals surface area contributed by atoms with Crippen molar-refractivity contribution in [1.82, 2.24) is 29.4 Å². The molecule has 0 aliphatic carbocycles. The van der Waals surface area contributed by atoms with Gasteiger partial charge < -0.3 is 5.32 Å². The molecule has 0 spiro atoms. The molecule has 3 heterocycles. The fourth-order valence-corrected chi connectivity index (χ4v) is 3.28. The maximum Gasteiger partial charge on any atom is 0.321 e. The molecule has 3 aromatic rings. The summed E-state index contributed by atoms with van der Waals surface area (Å²) in [7, 11) is 0. The van der Waals surface area contributed by atoms with E-state index >= 15 is 0 Å². The van der Waals surface area contributed by atoms with Crippen molar-refractivity contribution < 1.29 is 4.79 Å². The maximum absolute atomic E-state index is 12.2. The van der Waals surface area contributed by atoms with Crippen molar-refractivity contribution in [3.63, 3.8) is 0 Å². The highest BCUT2D eigenvalue weighted by Crippen LogP contribution is 2.23. The van der Waals surface area contributed by atoms with E-state index in [0.29, 0.717) is 11.0 Å². The van der Waals surface area contributed by atoms with Crippen LogP contribution in [-0.2, 0) is 6.54 Å². The van der Waals surface area contributed by atoms with Crippen LogP contribution in [0.15, 0.2) is 36.7 Å². The van der Waals surface area contributed by atoms with Gasteiger partial charge in [-0.1, -0.05) is 30.3 Å². The third kappa shape index (κ3) is 2.98. The first-order valence-electron chi connectivity index (χ1n) is 7.64. The van der Waals surface area contributed by atoms with Gasteiger partial charge in [0.1, 0.15) is 12.2 Å². The van der Waals surface area contributed by atoms with Crippen molar-refractivity contribution in [3.8, 4) is 11.4 Å². The van der Waals surface area contributed by atoms with E-state index < -0.39 is 0 Å². The number of carbonyl (C=O) groups is 1. The molecular weight excluding hydrogens is 326 g/mol. The molecule has 1 aliphatic rings. The van der Waals surface area contributed by atoms with Crippen molar-refractivity contribution in [2.45, 2.75) is 25.4 Å². The van der Waals surface area contributed by atoms with E-state index in [-0.39, 0.29) is 12.1 Å². The van der Waals surface area contributed by atoms with Crippen molar-refractivity contribution in [3.05, 3.63) is 42.5 Å². The third-order valence-corrected chi connectivity index (χ3v) is 4.43. The first-order valence-corrected chi connectivity index (χ1v) is 8.41. The van der Waals surface area contributed by atoms with Crippen LogP contribution in [0.2, 0.25) is 0 Å². The second-order valence-corrected chi connectivity index (χ2v) is 6.18. The number of rotatable bonds is 3. The summed E-state index contributed by atoms with van der Waals surface area (Å²) in [4.78, 5) is 20.8. The molecule has 1 atom stereocenters. The summed E-state index contributed by atoms with van der Waals surface area (Å²) in [5.74, 6) is 1.40. The van der Waals surface area contributed by atoms with Crippen LogP contribution < -0.4 is 10.6 Å². The number of aryl methyl sites for hydroxylation is 1. The van der Waals surface area contributed by atoms with Crippen LogP contribution in [-0.4, -0.2) is 30.2 Å². The van der Waals surface area contributed by atoms with Crippen LogP contribution in [0.1, 0.15) is 24.7 Å². The number of aromatic nitrogens is 5. The molecule has 2 N–H and O–H groups in total. The first kappa shape index (κ1) is 14.8. The number of anilines is 1. The molecule has 9 heteroatoms. The number of nitrogens with zero attached hydrogens (tertiary/aromatic N) is 5. The fraction of sp³-hybridized carbons (Fsp3) is 0.267. The molecule has 0 fully saturated rings. The minimum atomic E-state index is -0.313. The Morgan fingerprint density at radius 2 is 2.17 bits per heavy atom. The van der Waals surface area contributed by atoms with E-state index in [0.717, 1.165) is 42.3 Å². The molecule has 0 saturated heterocycles. The molecule has 4 rings (SSSR count). The second-order valence-electron chi connectivity index (χ2n) is 5.42. The fourth-order valence-electron chi connectivity index (χ4n) is 2.70. The summed E-state index contributed by atoms with van der Waals surface area (Å²) in [5, 5.41) is 10.3. The van der Waals surface area contributed by atoms with Crippen molar-refractivity contribution in [1.29, 1.82) is 0 Å². The van der Waals surface area contributed by atoms with Crippen LogP contribution in [0.5, 0.6) is 0 Å². The number of amides is 2. The zero-order chi connectivity index (χ0) is 16.4. The molecule has 0 saturated carbocycles. The molecule has 122 valence electrons. The van der Waals surface area contributed by atoms with Gasteiger partial charge >= 0.3 is 6.03 Å². The Hall–Kier alpha value is -2.81. The zero-order valence-corrected chi connectivity index (χ0v) is 13.5. The average Bonchev–Trinajstić information content (AvgIpc) is 3.25. The molecule has 0 radical (unpaired) electrons. The quantitative estimate of drug-likeness (QED) is 0.762. The van der Waals surface area contributed by atoms with Gasteiger partial charge in [-0.05, 0) is 12.8 Å². The Labute approximate surface area is 142 Å². The monoisotopic (exact) mass is 341 g/mol. The van der Waals surface area contributed by atoms with Gasteiger partial charge in [0, 0.05) is 23.6 Å².